The summed E-state index contributed by atoms with van der Waals surface area (Å²) in [5.41, 5.74) is 4.56. The monoisotopic (exact) mass is 86.0 g/mol. The highest BCUT2D eigenvalue weighted by molar-refractivity contribution is 5.68. The first-order chi connectivity index (χ1) is 2.77. The fraction of sp³-hybridized carbons (Fsp3) is 0.333. The second-order valence-corrected chi connectivity index (χ2v) is 0.720. The molecule has 0 rings (SSSR count). The molecule has 33 valence electrons. The summed E-state index contributed by atoms with van der Waals surface area (Å²) < 4.78 is 0. The van der Waals surface area contributed by atoms with E-state index in [1.54, 1.807) is 0 Å². The minimum atomic E-state index is -0.648. The molecule has 0 saturated carbocycles. The predicted molar refractivity (Wildman–Crippen MR) is 22.5 cm³/mol. The molecule has 0 aliphatic carbocycles. The Hall–Kier alpha value is -0.860. The molecular formula is C3H6N2O+. The molecular weight excluding hydrogens is 80.0 g/mol. The van der Waals surface area contributed by atoms with Crippen LogP contribution in [-0.2, 0) is 5.11 Å². The third kappa shape index (κ3) is 3.14. The molecule has 1 radical (unpaired) electrons. The van der Waals surface area contributed by atoms with Gasteiger partial charge in [-0.05, 0) is 0 Å². The van der Waals surface area contributed by atoms with Crippen molar-refractivity contribution in [1.82, 2.24) is 0 Å². The van der Waals surface area contributed by atoms with E-state index < -0.39 is 6.02 Å². The molecule has 0 heterocycles. The molecule has 0 spiro atoms. The highest BCUT2D eigenvalue weighted by Gasteiger charge is 1.79. The van der Waals surface area contributed by atoms with Gasteiger partial charge in [-0.25, -0.2) is 5.11 Å². The zero-order valence-corrected chi connectivity index (χ0v) is 3.35. The minimum Gasteiger partial charge on any atom is -0.350 e. The van der Waals surface area contributed by atoms with E-state index in [-0.39, 0.29) is 6.54 Å². The van der Waals surface area contributed by atoms with Gasteiger partial charge < -0.3 is 5.73 Å². The van der Waals surface area contributed by atoms with Crippen molar-refractivity contribution in [2.75, 3.05) is 6.54 Å². The molecule has 3 heteroatoms. The molecule has 0 aliphatic heterocycles. The van der Waals surface area contributed by atoms with Crippen molar-refractivity contribution in [3.8, 4) is 0 Å². The van der Waals surface area contributed by atoms with Crippen LogP contribution in [0.25, 0.3) is 0 Å². The predicted octanol–water partition coefficient (Wildman–Crippen LogP) is -0.434. The Morgan fingerprint density at radius 2 is 2.50 bits per heavy atom. The molecule has 6 heavy (non-hydrogen) atoms. The quantitative estimate of drug-likeness (QED) is 0.262. The van der Waals surface area contributed by atoms with Crippen LogP contribution < -0.4 is 5.73 Å². The van der Waals surface area contributed by atoms with Crippen molar-refractivity contribution < 1.29 is 5.11 Å². The zero-order valence-electron chi connectivity index (χ0n) is 3.35. The molecule has 0 fully saturated rings. The molecule has 0 atom stereocenters. The average Bonchev–Trinajstić information content (AvgIpc) is 1.35. The Kier molecular flexibility index (Phi) is 2.04. The largest absolute Gasteiger partial charge is 0.350 e. The summed E-state index contributed by atoms with van der Waals surface area (Å²) in [5, 5.41) is 9.61. The van der Waals surface area contributed by atoms with Crippen LogP contribution in [0.3, 0.4) is 0 Å². The number of nitrogens with zero attached hydrogens (tertiary/aromatic N) is 1. The Morgan fingerprint density at radius 1 is 2.00 bits per heavy atom. The molecule has 3 nitrogen and oxygen atoms in total. The second-order valence-electron chi connectivity index (χ2n) is 0.720. The van der Waals surface area contributed by atoms with E-state index in [9.17, 15) is 5.11 Å². The summed E-state index contributed by atoms with van der Waals surface area (Å²) in [4.78, 5) is 3.15. The van der Waals surface area contributed by atoms with Crippen molar-refractivity contribution in [3.05, 3.63) is 6.92 Å². The number of hydrogen-bond donors (Lipinski definition) is 1. The molecule has 0 bridgehead atoms. The van der Waals surface area contributed by atoms with E-state index in [2.05, 4.69) is 17.6 Å². The highest BCUT2D eigenvalue weighted by atomic mass is 16.3. The molecule has 0 amide bonds. The lowest BCUT2D eigenvalue weighted by molar-refractivity contribution is 0.418. The van der Waals surface area contributed by atoms with Crippen LogP contribution >= 0.6 is 0 Å². The molecule has 2 N–H and O–H groups in total. The van der Waals surface area contributed by atoms with Crippen molar-refractivity contribution in [1.29, 1.82) is 0 Å². The first-order valence-electron chi connectivity index (χ1n) is 1.53. The summed E-state index contributed by atoms with van der Waals surface area (Å²) in [6, 6.07) is -0.648. The van der Waals surface area contributed by atoms with E-state index in [4.69, 9.17) is 0 Å². The summed E-state index contributed by atoms with van der Waals surface area (Å²) in [6.07, 6.45) is 0. The van der Waals surface area contributed by atoms with Gasteiger partial charge in [-0.15, -0.1) is 0 Å². The molecule has 0 aromatic rings. The first kappa shape index (κ1) is 5.14. The van der Waals surface area contributed by atoms with E-state index in [0.29, 0.717) is 0 Å². The summed E-state index contributed by atoms with van der Waals surface area (Å²) >= 11 is 0. The van der Waals surface area contributed by atoms with Crippen molar-refractivity contribution in [2.24, 2.45) is 10.7 Å². The minimum absolute atomic E-state index is 0.231. The molecule has 0 aliphatic rings. The van der Waals surface area contributed by atoms with Crippen LogP contribution in [0.5, 0.6) is 0 Å². The number of aliphatic imine (C=N–C) groups is 1. The smallest absolute Gasteiger partial charge is 0.337 e. The van der Waals surface area contributed by atoms with Crippen molar-refractivity contribution in [3.63, 3.8) is 0 Å². The average molecular weight is 86.1 g/mol. The lowest BCUT2D eigenvalue weighted by Gasteiger charge is -1.71. The Labute approximate surface area is 36.5 Å². The summed E-state index contributed by atoms with van der Waals surface area (Å²) in [6.45, 7) is 3.49. The fourth-order valence-corrected chi connectivity index (χ4v) is 0.110. The third-order valence-corrected chi connectivity index (χ3v) is 0.268. The van der Waals surface area contributed by atoms with Gasteiger partial charge in [0.1, 0.15) is 0 Å². The SMILES string of the molecule is [CH2+]CN=C(N)[O]. The maximum absolute atomic E-state index is 9.61. The molecule has 0 aromatic heterocycles. The van der Waals surface area contributed by atoms with Crippen LogP contribution in [0.4, 0.5) is 0 Å². The number of nitrogens with two attached hydrogens (primary N) is 1. The first-order valence-corrected chi connectivity index (χ1v) is 1.53. The highest BCUT2D eigenvalue weighted by Crippen LogP contribution is 1.60. The zero-order chi connectivity index (χ0) is 4.99. The number of amidine groups is 1. The van der Waals surface area contributed by atoms with Gasteiger partial charge in [-0.2, -0.15) is 4.99 Å². The standard InChI is InChI=1S/C3H6N2O/c1-2-5-3(4)6/h1-2H2,(H2,4,5)/q+1. The summed E-state index contributed by atoms with van der Waals surface area (Å²) in [7, 11) is 0. The van der Waals surface area contributed by atoms with Gasteiger partial charge in [0, 0.05) is 0 Å². The van der Waals surface area contributed by atoms with Gasteiger partial charge >= 0.3 is 6.02 Å². The van der Waals surface area contributed by atoms with E-state index in [0.717, 1.165) is 0 Å². The third-order valence-electron chi connectivity index (χ3n) is 0.268. The van der Waals surface area contributed by atoms with Gasteiger partial charge in [0.15, 0.2) is 6.54 Å². The van der Waals surface area contributed by atoms with Gasteiger partial charge in [0.25, 0.3) is 0 Å². The van der Waals surface area contributed by atoms with Crippen LogP contribution in [-0.4, -0.2) is 12.6 Å². The lowest BCUT2D eigenvalue weighted by atomic mass is 10.8. The molecule has 0 saturated heterocycles. The van der Waals surface area contributed by atoms with Crippen molar-refractivity contribution >= 4 is 6.02 Å². The number of rotatable bonds is 1. The van der Waals surface area contributed by atoms with Crippen LogP contribution in [0.2, 0.25) is 0 Å². The maximum atomic E-state index is 9.61. The summed E-state index contributed by atoms with van der Waals surface area (Å²) in [5.74, 6) is 0. The lowest BCUT2D eigenvalue weighted by Crippen LogP contribution is -2.07. The van der Waals surface area contributed by atoms with Crippen LogP contribution in [0, 0.1) is 6.92 Å². The van der Waals surface area contributed by atoms with Gasteiger partial charge in [0.2, 0.25) is 0 Å². The second kappa shape index (κ2) is 2.38. The van der Waals surface area contributed by atoms with E-state index >= 15 is 0 Å². The topological polar surface area (TPSA) is 58.3 Å². The molecule has 0 unspecified atom stereocenters. The van der Waals surface area contributed by atoms with Gasteiger partial charge in [-0.1, -0.05) is 0 Å². The molecule has 0 aromatic carbocycles. The Balaban J connectivity index is 3.14. The fourth-order valence-electron chi connectivity index (χ4n) is 0.110. The van der Waals surface area contributed by atoms with Crippen LogP contribution in [0.15, 0.2) is 4.99 Å². The van der Waals surface area contributed by atoms with Gasteiger partial charge in [0.05, 0.1) is 6.92 Å². The normalized spacial score (nSPS) is 11.7. The van der Waals surface area contributed by atoms with E-state index in [1.807, 2.05) is 0 Å². The maximum Gasteiger partial charge on any atom is 0.337 e. The van der Waals surface area contributed by atoms with E-state index in [1.165, 1.54) is 0 Å². The Morgan fingerprint density at radius 3 is 2.50 bits per heavy atom. The van der Waals surface area contributed by atoms with Crippen molar-refractivity contribution in [2.45, 2.75) is 0 Å². The number of hydrogen-bond acceptors (Lipinski definition) is 1. The Bertz CT molecular complexity index is 55.8. The van der Waals surface area contributed by atoms with Crippen LogP contribution in [0.1, 0.15) is 0 Å². The van der Waals surface area contributed by atoms with Gasteiger partial charge in [-0.3, -0.25) is 0 Å².